The van der Waals surface area contributed by atoms with Crippen LogP contribution in [0.2, 0.25) is 5.02 Å². The maximum Gasteiger partial charge on any atom is 0.242 e. The molecule has 0 saturated carbocycles. The van der Waals surface area contributed by atoms with Crippen molar-refractivity contribution < 1.29 is 23.5 Å². The van der Waals surface area contributed by atoms with Crippen LogP contribution in [-0.4, -0.2) is 41.5 Å². The normalized spacial score (nSPS) is 11.9. The summed E-state index contributed by atoms with van der Waals surface area (Å²) in [6.45, 7) is 5.41. The van der Waals surface area contributed by atoms with E-state index < -0.39 is 0 Å². The van der Waals surface area contributed by atoms with E-state index in [1.807, 2.05) is 6.07 Å². The summed E-state index contributed by atoms with van der Waals surface area (Å²) in [6.07, 6.45) is 2.91. The molecular weight excluding hydrogens is 460 g/mol. The zero-order valence-electron chi connectivity index (χ0n) is 18.6. The fourth-order valence-electron chi connectivity index (χ4n) is 3.67. The van der Waals surface area contributed by atoms with Gasteiger partial charge in [0, 0.05) is 25.0 Å². The van der Waals surface area contributed by atoms with E-state index in [0.717, 1.165) is 5.56 Å². The van der Waals surface area contributed by atoms with Crippen molar-refractivity contribution >= 4 is 34.4 Å². The molecule has 2 aromatic carbocycles. The molecule has 0 atom stereocenters. The fourth-order valence-corrected chi connectivity index (χ4v) is 3.85. The lowest BCUT2D eigenvalue weighted by atomic mass is 10.1. The number of benzene rings is 2. The van der Waals surface area contributed by atoms with Crippen LogP contribution in [0.25, 0.3) is 11.0 Å². The van der Waals surface area contributed by atoms with E-state index in [4.69, 9.17) is 25.5 Å². The highest BCUT2D eigenvalue weighted by Crippen LogP contribution is 2.33. The van der Waals surface area contributed by atoms with E-state index in [1.165, 1.54) is 29.1 Å². The lowest BCUT2D eigenvalue weighted by Gasteiger charge is -2.26. The Hall–Kier alpha value is -3.78. The van der Waals surface area contributed by atoms with Gasteiger partial charge in [-0.1, -0.05) is 23.7 Å². The maximum atomic E-state index is 13.3. The smallest absolute Gasteiger partial charge is 0.242 e. The van der Waals surface area contributed by atoms with Crippen molar-refractivity contribution in [3.63, 3.8) is 0 Å². The number of hydrogen-bond donors (Lipinski definition) is 0. The van der Waals surface area contributed by atoms with Crippen molar-refractivity contribution in [1.82, 2.24) is 9.80 Å². The molecule has 34 heavy (non-hydrogen) atoms. The van der Waals surface area contributed by atoms with Gasteiger partial charge in [0.25, 0.3) is 0 Å². The maximum absolute atomic E-state index is 13.3. The minimum absolute atomic E-state index is 0.0160. The summed E-state index contributed by atoms with van der Waals surface area (Å²) in [5, 5.41) is 0.740. The number of ether oxygens (including phenoxy) is 2. The summed E-state index contributed by atoms with van der Waals surface area (Å²) in [7, 11) is 0. The van der Waals surface area contributed by atoms with Gasteiger partial charge in [0.1, 0.15) is 12.1 Å². The highest BCUT2D eigenvalue weighted by Gasteiger charge is 2.22. The molecule has 1 aliphatic heterocycles. The first-order valence-corrected chi connectivity index (χ1v) is 11.0. The molecule has 1 aromatic heterocycles. The van der Waals surface area contributed by atoms with Crippen LogP contribution in [0.1, 0.15) is 18.1 Å². The van der Waals surface area contributed by atoms with E-state index in [1.54, 1.807) is 30.3 Å². The summed E-state index contributed by atoms with van der Waals surface area (Å²) in [4.78, 5) is 41.2. The van der Waals surface area contributed by atoms with E-state index in [9.17, 15) is 14.4 Å². The molecule has 0 saturated heterocycles. The van der Waals surface area contributed by atoms with Crippen LogP contribution >= 0.6 is 11.6 Å². The van der Waals surface area contributed by atoms with Crippen LogP contribution in [0.3, 0.4) is 0 Å². The predicted molar refractivity (Wildman–Crippen MR) is 127 cm³/mol. The number of fused-ring (bicyclic) bond motifs is 2. The molecule has 9 heteroatoms. The molecule has 2 heterocycles. The molecule has 0 radical (unpaired) electrons. The van der Waals surface area contributed by atoms with Gasteiger partial charge in [-0.05, 0) is 35.9 Å². The number of halogens is 1. The molecule has 8 nitrogen and oxygen atoms in total. The Morgan fingerprint density at radius 1 is 1.09 bits per heavy atom. The molecule has 4 rings (SSSR count). The van der Waals surface area contributed by atoms with Crippen molar-refractivity contribution in [3.8, 4) is 11.5 Å². The molecule has 1 aliphatic rings. The minimum Gasteiger partial charge on any atom is -0.464 e. The van der Waals surface area contributed by atoms with E-state index >= 15 is 0 Å². The Balaban J connectivity index is 1.65. The summed E-state index contributed by atoms with van der Waals surface area (Å²) >= 11 is 6.06. The molecular formula is C25H23ClN2O6. The highest BCUT2D eigenvalue weighted by molar-refractivity contribution is 6.31. The van der Waals surface area contributed by atoms with Gasteiger partial charge >= 0.3 is 0 Å². The molecule has 2 amide bonds. The van der Waals surface area contributed by atoms with Crippen LogP contribution in [0.4, 0.5) is 0 Å². The van der Waals surface area contributed by atoms with Crippen molar-refractivity contribution in [3.05, 3.63) is 81.7 Å². The number of rotatable bonds is 8. The number of hydrogen-bond acceptors (Lipinski definition) is 6. The van der Waals surface area contributed by atoms with Gasteiger partial charge < -0.3 is 23.7 Å². The second-order valence-electron chi connectivity index (χ2n) is 7.86. The topological polar surface area (TPSA) is 89.3 Å². The second-order valence-corrected chi connectivity index (χ2v) is 8.29. The first-order chi connectivity index (χ1) is 16.4. The third-order valence-corrected chi connectivity index (χ3v) is 5.69. The van der Waals surface area contributed by atoms with Gasteiger partial charge in [0.15, 0.2) is 16.9 Å². The summed E-state index contributed by atoms with van der Waals surface area (Å²) < 4.78 is 16.4. The zero-order chi connectivity index (χ0) is 24.2. The molecule has 0 fully saturated rings. The van der Waals surface area contributed by atoms with Gasteiger partial charge in [-0.2, -0.15) is 0 Å². The van der Waals surface area contributed by atoms with Gasteiger partial charge in [-0.3, -0.25) is 14.4 Å². The standard InChI is InChI=1S/C25H23ClN2O6/c1-3-8-27(16(2)29)13-24(30)28(11-17-4-6-22-23(9-17)34-15-33-22)12-18-14-32-21-7-5-19(26)10-20(21)25(18)31/h3-7,9-10,14H,1,8,11-13,15H2,2H3. The SMILES string of the molecule is C=CCN(CC(=O)N(Cc1ccc2c(c1)OCO2)Cc1coc2ccc(Cl)cc2c1=O)C(C)=O. The first kappa shape index (κ1) is 23.4. The molecule has 0 unspecified atom stereocenters. The van der Waals surface area contributed by atoms with Gasteiger partial charge in [-0.25, -0.2) is 0 Å². The Kier molecular flexibility index (Phi) is 6.88. The Bertz CT molecular complexity index is 1320. The van der Waals surface area contributed by atoms with Crippen LogP contribution < -0.4 is 14.9 Å². The Morgan fingerprint density at radius 2 is 1.88 bits per heavy atom. The molecule has 0 spiro atoms. The van der Waals surface area contributed by atoms with Crippen molar-refractivity contribution in [2.24, 2.45) is 0 Å². The lowest BCUT2D eigenvalue weighted by molar-refractivity contribution is -0.139. The average Bonchev–Trinajstić information content (AvgIpc) is 3.28. The predicted octanol–water partition coefficient (Wildman–Crippen LogP) is 3.74. The number of amides is 2. The summed E-state index contributed by atoms with van der Waals surface area (Å²) in [5.41, 5.74) is 1.20. The molecule has 0 aliphatic carbocycles. The number of nitrogens with zero attached hydrogens (tertiary/aromatic N) is 2. The highest BCUT2D eigenvalue weighted by atomic mass is 35.5. The first-order valence-electron chi connectivity index (χ1n) is 10.6. The summed E-state index contributed by atoms with van der Waals surface area (Å²) in [6, 6.07) is 10.2. The Morgan fingerprint density at radius 3 is 2.65 bits per heavy atom. The monoisotopic (exact) mass is 482 g/mol. The fraction of sp³-hybridized carbons (Fsp3) is 0.240. The van der Waals surface area contributed by atoms with Crippen LogP contribution in [0, 0.1) is 0 Å². The third kappa shape index (κ3) is 5.07. The minimum atomic E-state index is -0.333. The quantitative estimate of drug-likeness (QED) is 0.454. The van der Waals surface area contributed by atoms with Crippen LogP contribution in [-0.2, 0) is 22.7 Å². The average molecular weight is 483 g/mol. The van der Waals surface area contributed by atoms with E-state index in [0.29, 0.717) is 33.1 Å². The lowest BCUT2D eigenvalue weighted by Crippen LogP contribution is -2.42. The van der Waals surface area contributed by atoms with Crippen molar-refractivity contribution in [2.75, 3.05) is 19.9 Å². The molecule has 0 bridgehead atoms. The third-order valence-electron chi connectivity index (χ3n) is 5.45. The largest absolute Gasteiger partial charge is 0.464 e. The summed E-state index contributed by atoms with van der Waals surface area (Å²) in [5.74, 6) is 0.626. The van der Waals surface area contributed by atoms with Crippen LogP contribution in [0.5, 0.6) is 11.5 Å². The number of carbonyl (C=O) groups is 2. The van der Waals surface area contributed by atoms with Crippen molar-refractivity contribution in [2.45, 2.75) is 20.0 Å². The van der Waals surface area contributed by atoms with E-state index in [2.05, 4.69) is 6.58 Å². The van der Waals surface area contributed by atoms with E-state index in [-0.39, 0.29) is 50.2 Å². The molecule has 0 N–H and O–H groups in total. The molecule has 176 valence electrons. The molecule has 3 aromatic rings. The van der Waals surface area contributed by atoms with Crippen molar-refractivity contribution in [1.29, 1.82) is 0 Å². The Labute approximate surface area is 200 Å². The second kappa shape index (κ2) is 10.0. The number of carbonyl (C=O) groups excluding carboxylic acids is 2. The van der Waals surface area contributed by atoms with Gasteiger partial charge in [0.2, 0.25) is 18.6 Å². The van der Waals surface area contributed by atoms with Gasteiger partial charge in [0.05, 0.1) is 23.8 Å². The zero-order valence-corrected chi connectivity index (χ0v) is 19.3. The van der Waals surface area contributed by atoms with Crippen LogP contribution in [0.15, 0.2) is 64.5 Å². The van der Waals surface area contributed by atoms with Gasteiger partial charge in [-0.15, -0.1) is 6.58 Å².